The number of nitrogens with zero attached hydrogens (tertiary/aromatic N) is 2. The Morgan fingerprint density at radius 1 is 1.30 bits per heavy atom. The molecule has 2 saturated heterocycles. The van der Waals surface area contributed by atoms with Crippen molar-refractivity contribution in [1.29, 1.82) is 0 Å². The van der Waals surface area contributed by atoms with Gasteiger partial charge in [-0.25, -0.2) is 0 Å². The number of aliphatic hydroxyl groups is 1. The zero-order chi connectivity index (χ0) is 23.6. The number of allylic oxidation sites excluding steroid dienone is 1. The fourth-order valence-electron chi connectivity index (χ4n) is 4.42. The molecule has 180 valence electrons. The lowest BCUT2D eigenvalue weighted by Gasteiger charge is -2.32. The van der Waals surface area contributed by atoms with Gasteiger partial charge in [0.1, 0.15) is 5.84 Å². The number of carbonyl (C=O) groups is 1. The standard InChI is InChI=1S/C23H28F3N3O3S/c1-14-2-3-16(17(10-14)23(24,25)26)12-29-7-4-15(5-8-29)11-20-21(28-22(31)33-20)27-18-6-9-32-13-19(18)30/h2-3,10-11,15,18-19,30H,4-9,12-13H2,1H3,(H,27,28,31)/b20-11-/t18-,19-/m0/s1. The number of ether oxygens (including phenoxy) is 1. The topological polar surface area (TPSA) is 74.2 Å². The van der Waals surface area contributed by atoms with Crippen molar-refractivity contribution in [2.45, 2.75) is 51.1 Å². The average Bonchev–Trinajstić information content (AvgIpc) is 3.10. The van der Waals surface area contributed by atoms with Crippen LogP contribution in [0.15, 0.2) is 34.2 Å². The Balaban J connectivity index is 1.36. The first kappa shape index (κ1) is 24.3. The van der Waals surface area contributed by atoms with E-state index in [-0.39, 0.29) is 30.4 Å². The van der Waals surface area contributed by atoms with Crippen LogP contribution in [0.4, 0.5) is 18.0 Å². The summed E-state index contributed by atoms with van der Waals surface area (Å²) in [6, 6.07) is 4.29. The maximum Gasteiger partial charge on any atom is 0.416 e. The van der Waals surface area contributed by atoms with E-state index in [1.54, 1.807) is 19.1 Å². The van der Waals surface area contributed by atoms with E-state index in [0.29, 0.717) is 43.1 Å². The number of alkyl halides is 3. The summed E-state index contributed by atoms with van der Waals surface area (Å²) in [6.07, 6.45) is -0.773. The predicted octanol–water partition coefficient (Wildman–Crippen LogP) is 4.11. The van der Waals surface area contributed by atoms with Gasteiger partial charge < -0.3 is 15.2 Å². The van der Waals surface area contributed by atoms with Gasteiger partial charge in [0, 0.05) is 13.2 Å². The maximum atomic E-state index is 13.4. The van der Waals surface area contributed by atoms with Gasteiger partial charge in [-0.05, 0) is 68.6 Å². The SMILES string of the molecule is Cc1ccc(CN2CCC(/C=C3\SC(=O)N=C3N[C@H]3CCOC[C@@H]3O)CC2)c(C(F)(F)F)c1. The lowest BCUT2D eigenvalue weighted by molar-refractivity contribution is -0.138. The van der Waals surface area contributed by atoms with Crippen molar-refractivity contribution >= 4 is 22.8 Å². The molecule has 0 spiro atoms. The van der Waals surface area contributed by atoms with Gasteiger partial charge in [-0.3, -0.25) is 9.69 Å². The number of hydrogen-bond acceptors (Lipinski definition) is 6. The Kier molecular flexibility index (Phi) is 7.47. The van der Waals surface area contributed by atoms with Gasteiger partial charge in [0.25, 0.3) is 0 Å². The molecule has 3 heterocycles. The van der Waals surface area contributed by atoms with Crippen LogP contribution in [0, 0.1) is 12.8 Å². The van der Waals surface area contributed by atoms with E-state index in [9.17, 15) is 23.1 Å². The molecule has 0 saturated carbocycles. The first-order valence-electron chi connectivity index (χ1n) is 11.1. The molecule has 6 nitrogen and oxygen atoms in total. The highest BCUT2D eigenvalue weighted by Gasteiger charge is 2.34. The van der Waals surface area contributed by atoms with E-state index in [1.165, 1.54) is 6.07 Å². The zero-order valence-corrected chi connectivity index (χ0v) is 19.2. The molecule has 1 amide bonds. The van der Waals surface area contributed by atoms with Gasteiger partial charge in [0.05, 0.1) is 29.2 Å². The Morgan fingerprint density at radius 2 is 2.06 bits per heavy atom. The molecule has 1 aromatic carbocycles. The number of likely N-dealkylation sites (tertiary alicyclic amines) is 1. The lowest BCUT2D eigenvalue weighted by atomic mass is 9.95. The first-order valence-corrected chi connectivity index (χ1v) is 11.9. The fourth-order valence-corrected chi connectivity index (χ4v) is 5.21. The van der Waals surface area contributed by atoms with Gasteiger partial charge >= 0.3 is 11.4 Å². The number of thioether (sulfide) groups is 1. The van der Waals surface area contributed by atoms with Crippen molar-refractivity contribution in [1.82, 2.24) is 10.2 Å². The second-order valence-corrected chi connectivity index (χ2v) is 9.81. The minimum absolute atomic E-state index is 0.210. The number of aryl methyl sites for hydroxylation is 1. The summed E-state index contributed by atoms with van der Waals surface area (Å²) >= 11 is 1.07. The predicted molar refractivity (Wildman–Crippen MR) is 121 cm³/mol. The highest BCUT2D eigenvalue weighted by Crippen LogP contribution is 2.35. The normalized spacial score (nSPS) is 26.6. The number of aliphatic hydroxyl groups excluding tert-OH is 1. The molecule has 10 heteroatoms. The average molecular weight is 484 g/mol. The molecular formula is C23H28F3N3O3S. The Labute approximate surface area is 195 Å². The first-order chi connectivity index (χ1) is 15.7. The molecule has 0 bridgehead atoms. The molecule has 3 aliphatic heterocycles. The number of carbonyl (C=O) groups excluding carboxylic acids is 1. The lowest BCUT2D eigenvalue weighted by Crippen LogP contribution is -2.48. The highest BCUT2D eigenvalue weighted by atomic mass is 32.2. The van der Waals surface area contributed by atoms with Crippen LogP contribution in [0.1, 0.15) is 36.0 Å². The highest BCUT2D eigenvalue weighted by molar-refractivity contribution is 8.18. The Bertz CT molecular complexity index is 943. The number of amides is 1. The third-order valence-corrected chi connectivity index (χ3v) is 7.08. The van der Waals surface area contributed by atoms with Gasteiger partial charge in [-0.15, -0.1) is 0 Å². The summed E-state index contributed by atoms with van der Waals surface area (Å²) in [5.41, 5.74) is 0.338. The van der Waals surface area contributed by atoms with Crippen LogP contribution in [-0.2, 0) is 17.5 Å². The van der Waals surface area contributed by atoms with Crippen LogP contribution in [0.2, 0.25) is 0 Å². The number of nitrogens with one attached hydrogen (secondary N) is 1. The summed E-state index contributed by atoms with van der Waals surface area (Å²) in [5, 5.41) is 13.0. The molecule has 0 aliphatic carbocycles. The molecule has 0 aromatic heterocycles. The second kappa shape index (κ2) is 10.2. The summed E-state index contributed by atoms with van der Waals surface area (Å²) < 4.78 is 45.6. The van der Waals surface area contributed by atoms with Crippen LogP contribution in [0.3, 0.4) is 0 Å². The molecule has 2 N–H and O–H groups in total. The summed E-state index contributed by atoms with van der Waals surface area (Å²) in [4.78, 5) is 18.8. The number of hydrogen-bond donors (Lipinski definition) is 2. The van der Waals surface area contributed by atoms with Gasteiger partial charge in [0.15, 0.2) is 0 Å². The van der Waals surface area contributed by atoms with Crippen molar-refractivity contribution in [3.63, 3.8) is 0 Å². The number of piperidine rings is 1. The van der Waals surface area contributed by atoms with E-state index in [0.717, 1.165) is 29.5 Å². The van der Waals surface area contributed by atoms with E-state index < -0.39 is 17.8 Å². The molecule has 1 aromatic rings. The van der Waals surface area contributed by atoms with Crippen molar-refractivity contribution in [2.75, 3.05) is 26.3 Å². The van der Waals surface area contributed by atoms with Crippen LogP contribution in [0.5, 0.6) is 0 Å². The van der Waals surface area contributed by atoms with E-state index in [2.05, 4.69) is 10.3 Å². The van der Waals surface area contributed by atoms with Gasteiger partial charge in [-0.2, -0.15) is 18.2 Å². The minimum atomic E-state index is -4.36. The Hall–Kier alpha value is -1.88. The van der Waals surface area contributed by atoms with Crippen LogP contribution in [0.25, 0.3) is 0 Å². The van der Waals surface area contributed by atoms with Crippen LogP contribution >= 0.6 is 11.8 Å². The van der Waals surface area contributed by atoms with E-state index >= 15 is 0 Å². The number of rotatable bonds is 4. The van der Waals surface area contributed by atoms with Crippen molar-refractivity contribution < 1.29 is 27.8 Å². The second-order valence-electron chi connectivity index (χ2n) is 8.81. The van der Waals surface area contributed by atoms with Crippen molar-refractivity contribution in [3.8, 4) is 0 Å². The largest absolute Gasteiger partial charge is 0.416 e. The molecule has 0 radical (unpaired) electrons. The molecule has 33 heavy (non-hydrogen) atoms. The Morgan fingerprint density at radius 3 is 2.76 bits per heavy atom. The zero-order valence-electron chi connectivity index (χ0n) is 18.4. The molecule has 2 fully saturated rings. The fraction of sp³-hybridized carbons (Fsp3) is 0.565. The third kappa shape index (κ3) is 6.17. The molecule has 4 rings (SSSR count). The quantitative estimate of drug-likeness (QED) is 0.672. The monoisotopic (exact) mass is 483 g/mol. The van der Waals surface area contributed by atoms with Gasteiger partial charge in [0.2, 0.25) is 0 Å². The van der Waals surface area contributed by atoms with E-state index in [4.69, 9.17) is 4.74 Å². The summed E-state index contributed by atoms with van der Waals surface area (Å²) in [5.74, 6) is 0.703. The van der Waals surface area contributed by atoms with Crippen LogP contribution < -0.4 is 5.32 Å². The minimum Gasteiger partial charge on any atom is -0.389 e. The number of halogens is 3. The smallest absolute Gasteiger partial charge is 0.389 e. The number of aliphatic imine (C=N–C) groups is 1. The molecule has 0 unspecified atom stereocenters. The molecular weight excluding hydrogens is 455 g/mol. The van der Waals surface area contributed by atoms with Crippen molar-refractivity contribution in [2.24, 2.45) is 10.9 Å². The molecule has 2 atom stereocenters. The molecule has 3 aliphatic rings. The number of amidine groups is 1. The van der Waals surface area contributed by atoms with E-state index in [1.807, 2.05) is 11.0 Å². The summed E-state index contributed by atoms with van der Waals surface area (Å²) in [7, 11) is 0. The van der Waals surface area contributed by atoms with Gasteiger partial charge in [-0.1, -0.05) is 23.8 Å². The maximum absolute atomic E-state index is 13.4. The number of benzene rings is 1. The summed E-state index contributed by atoms with van der Waals surface area (Å²) in [6.45, 7) is 4.08. The third-order valence-electron chi connectivity index (χ3n) is 6.27. The van der Waals surface area contributed by atoms with Crippen molar-refractivity contribution in [3.05, 3.63) is 45.9 Å². The van der Waals surface area contributed by atoms with Crippen LogP contribution in [-0.4, -0.2) is 59.5 Å².